The van der Waals surface area contributed by atoms with Crippen LogP contribution in [-0.4, -0.2) is 16.8 Å². The molecule has 1 N–H and O–H groups in total. The summed E-state index contributed by atoms with van der Waals surface area (Å²) in [5.74, 6) is -0.208. The number of rotatable bonds is 3. The van der Waals surface area contributed by atoms with E-state index in [0.29, 0.717) is 5.56 Å². The molecule has 90 valence electrons. The third kappa shape index (κ3) is 2.36. The van der Waals surface area contributed by atoms with Crippen LogP contribution in [0.2, 0.25) is 0 Å². The quantitative estimate of drug-likeness (QED) is 0.880. The standard InChI is InChI=1S/C13H16FN3/c1-9-4-5-11(14)10(8-9)13(15-2)12-6-7-17(3)16-12/h4-8,13,15H,1-3H3. The molecule has 2 rings (SSSR count). The van der Waals surface area contributed by atoms with E-state index >= 15 is 0 Å². The van der Waals surface area contributed by atoms with Crippen LogP contribution in [0.1, 0.15) is 22.9 Å². The zero-order valence-corrected chi connectivity index (χ0v) is 10.2. The molecule has 0 aliphatic rings. The first-order valence-electron chi connectivity index (χ1n) is 5.54. The smallest absolute Gasteiger partial charge is 0.128 e. The molecule has 1 atom stereocenters. The number of aryl methyl sites for hydroxylation is 2. The number of nitrogens with one attached hydrogen (secondary N) is 1. The molecule has 0 aliphatic carbocycles. The molecule has 1 unspecified atom stereocenters. The Morgan fingerprint density at radius 2 is 2.12 bits per heavy atom. The third-order valence-electron chi connectivity index (χ3n) is 2.78. The molecule has 3 nitrogen and oxygen atoms in total. The van der Waals surface area contributed by atoms with Crippen molar-refractivity contribution in [1.29, 1.82) is 0 Å². The topological polar surface area (TPSA) is 29.9 Å². The Kier molecular flexibility index (Phi) is 3.24. The van der Waals surface area contributed by atoms with E-state index < -0.39 is 0 Å². The number of hydrogen-bond donors (Lipinski definition) is 1. The predicted molar refractivity (Wildman–Crippen MR) is 65.2 cm³/mol. The second kappa shape index (κ2) is 4.67. The fourth-order valence-electron chi connectivity index (χ4n) is 1.93. The molecule has 1 aromatic heterocycles. The maximum Gasteiger partial charge on any atom is 0.128 e. The van der Waals surface area contributed by atoms with Crippen molar-refractivity contribution in [1.82, 2.24) is 15.1 Å². The Balaban J connectivity index is 2.45. The largest absolute Gasteiger partial charge is 0.308 e. The van der Waals surface area contributed by atoms with Crippen molar-refractivity contribution < 1.29 is 4.39 Å². The average molecular weight is 233 g/mol. The van der Waals surface area contributed by atoms with Gasteiger partial charge in [-0.05, 0) is 26.1 Å². The lowest BCUT2D eigenvalue weighted by Gasteiger charge is -2.15. The third-order valence-corrected chi connectivity index (χ3v) is 2.78. The van der Waals surface area contributed by atoms with Gasteiger partial charge in [-0.25, -0.2) is 4.39 Å². The van der Waals surface area contributed by atoms with E-state index in [1.165, 1.54) is 6.07 Å². The Bertz CT molecular complexity index is 519. The first-order valence-corrected chi connectivity index (χ1v) is 5.54. The van der Waals surface area contributed by atoms with Crippen molar-refractivity contribution in [2.45, 2.75) is 13.0 Å². The molecule has 0 amide bonds. The minimum absolute atomic E-state index is 0.208. The maximum atomic E-state index is 13.8. The van der Waals surface area contributed by atoms with Gasteiger partial charge < -0.3 is 5.32 Å². The van der Waals surface area contributed by atoms with Crippen LogP contribution in [0.5, 0.6) is 0 Å². The molecule has 0 spiro atoms. The fourth-order valence-corrected chi connectivity index (χ4v) is 1.93. The minimum atomic E-state index is -0.212. The normalized spacial score (nSPS) is 12.7. The monoisotopic (exact) mass is 233 g/mol. The molecule has 0 radical (unpaired) electrons. The summed E-state index contributed by atoms with van der Waals surface area (Å²) in [7, 11) is 3.66. The molecule has 0 bridgehead atoms. The van der Waals surface area contributed by atoms with Gasteiger partial charge in [0.05, 0.1) is 11.7 Å². The van der Waals surface area contributed by atoms with Crippen molar-refractivity contribution in [3.63, 3.8) is 0 Å². The number of halogens is 1. The second-order valence-electron chi connectivity index (χ2n) is 4.16. The van der Waals surface area contributed by atoms with Crippen LogP contribution in [0.25, 0.3) is 0 Å². The molecule has 0 aliphatic heterocycles. The van der Waals surface area contributed by atoms with E-state index in [0.717, 1.165) is 11.3 Å². The fraction of sp³-hybridized carbons (Fsp3) is 0.308. The Hall–Kier alpha value is -1.68. The summed E-state index contributed by atoms with van der Waals surface area (Å²) in [6.07, 6.45) is 1.85. The molecule has 0 fully saturated rings. The summed E-state index contributed by atoms with van der Waals surface area (Å²) in [5, 5.41) is 7.42. The molecule has 0 saturated heterocycles. The van der Waals surface area contributed by atoms with E-state index in [4.69, 9.17) is 0 Å². The van der Waals surface area contributed by atoms with Crippen LogP contribution < -0.4 is 5.32 Å². The summed E-state index contributed by atoms with van der Waals surface area (Å²) < 4.78 is 15.5. The zero-order valence-electron chi connectivity index (χ0n) is 10.2. The molecule has 0 saturated carbocycles. The summed E-state index contributed by atoms with van der Waals surface area (Å²) >= 11 is 0. The summed E-state index contributed by atoms with van der Waals surface area (Å²) in [6.45, 7) is 1.95. The summed E-state index contributed by atoms with van der Waals surface area (Å²) in [5.41, 5.74) is 2.49. The highest BCUT2D eigenvalue weighted by molar-refractivity contribution is 5.31. The van der Waals surface area contributed by atoms with Gasteiger partial charge in [0.1, 0.15) is 5.82 Å². The van der Waals surface area contributed by atoms with Crippen LogP contribution in [0, 0.1) is 12.7 Å². The van der Waals surface area contributed by atoms with E-state index in [1.807, 2.05) is 32.3 Å². The SMILES string of the molecule is CNC(c1ccn(C)n1)c1cc(C)ccc1F. The van der Waals surface area contributed by atoms with Crippen LogP contribution in [0.15, 0.2) is 30.5 Å². The van der Waals surface area contributed by atoms with E-state index in [-0.39, 0.29) is 11.9 Å². The lowest BCUT2D eigenvalue weighted by Crippen LogP contribution is -2.19. The molecular weight excluding hydrogens is 217 g/mol. The second-order valence-corrected chi connectivity index (χ2v) is 4.16. The number of hydrogen-bond acceptors (Lipinski definition) is 2. The highest BCUT2D eigenvalue weighted by atomic mass is 19.1. The summed E-state index contributed by atoms with van der Waals surface area (Å²) in [6, 6.07) is 6.80. The maximum absolute atomic E-state index is 13.8. The number of nitrogens with zero attached hydrogens (tertiary/aromatic N) is 2. The van der Waals surface area contributed by atoms with Crippen LogP contribution >= 0.6 is 0 Å². The van der Waals surface area contributed by atoms with Crippen molar-refractivity contribution in [2.24, 2.45) is 7.05 Å². The highest BCUT2D eigenvalue weighted by Crippen LogP contribution is 2.23. The summed E-state index contributed by atoms with van der Waals surface area (Å²) in [4.78, 5) is 0. The van der Waals surface area contributed by atoms with Crippen LogP contribution in [0.3, 0.4) is 0 Å². The van der Waals surface area contributed by atoms with Gasteiger partial charge >= 0.3 is 0 Å². The van der Waals surface area contributed by atoms with Crippen molar-refractivity contribution in [3.8, 4) is 0 Å². The first kappa shape index (κ1) is 11.8. The van der Waals surface area contributed by atoms with Gasteiger partial charge in [-0.15, -0.1) is 0 Å². The first-order chi connectivity index (χ1) is 8.11. The van der Waals surface area contributed by atoms with Gasteiger partial charge in [0.2, 0.25) is 0 Å². The Morgan fingerprint density at radius 3 is 2.71 bits per heavy atom. The molecular formula is C13H16FN3. The lowest BCUT2D eigenvalue weighted by atomic mass is 10.0. The molecule has 2 aromatic rings. The lowest BCUT2D eigenvalue weighted by molar-refractivity contribution is 0.564. The van der Waals surface area contributed by atoms with Gasteiger partial charge in [0, 0.05) is 18.8 Å². The predicted octanol–water partition coefficient (Wildman–Crippen LogP) is 2.18. The van der Waals surface area contributed by atoms with Gasteiger partial charge in [-0.2, -0.15) is 5.10 Å². The molecule has 1 aromatic carbocycles. The zero-order chi connectivity index (χ0) is 12.4. The number of benzene rings is 1. The van der Waals surface area contributed by atoms with Crippen molar-refractivity contribution in [2.75, 3.05) is 7.05 Å². The van der Waals surface area contributed by atoms with Crippen molar-refractivity contribution in [3.05, 3.63) is 53.1 Å². The average Bonchev–Trinajstić information content (AvgIpc) is 2.71. The van der Waals surface area contributed by atoms with Crippen LogP contribution in [-0.2, 0) is 7.05 Å². The van der Waals surface area contributed by atoms with E-state index in [2.05, 4.69) is 10.4 Å². The molecule has 4 heteroatoms. The highest BCUT2D eigenvalue weighted by Gasteiger charge is 2.18. The van der Waals surface area contributed by atoms with Crippen LogP contribution in [0.4, 0.5) is 4.39 Å². The van der Waals surface area contributed by atoms with E-state index in [9.17, 15) is 4.39 Å². The number of aromatic nitrogens is 2. The van der Waals surface area contributed by atoms with Gasteiger partial charge in [-0.3, -0.25) is 4.68 Å². The van der Waals surface area contributed by atoms with Gasteiger partial charge in [-0.1, -0.05) is 17.7 Å². The Labute approximate surface area is 100 Å². The van der Waals surface area contributed by atoms with Gasteiger partial charge in [0.15, 0.2) is 0 Å². The van der Waals surface area contributed by atoms with Crippen molar-refractivity contribution >= 4 is 0 Å². The molecule has 17 heavy (non-hydrogen) atoms. The van der Waals surface area contributed by atoms with E-state index in [1.54, 1.807) is 17.8 Å². The Morgan fingerprint density at radius 1 is 1.35 bits per heavy atom. The van der Waals surface area contributed by atoms with Gasteiger partial charge in [0.25, 0.3) is 0 Å². The molecule has 1 heterocycles. The minimum Gasteiger partial charge on any atom is -0.308 e.